The van der Waals surface area contributed by atoms with Gasteiger partial charge < -0.3 is 5.11 Å². The summed E-state index contributed by atoms with van der Waals surface area (Å²) in [6.45, 7) is 1.86. The summed E-state index contributed by atoms with van der Waals surface area (Å²) in [6, 6.07) is 2.20. The molecule has 76 valence electrons. The van der Waals surface area contributed by atoms with E-state index >= 15 is 0 Å². The van der Waals surface area contributed by atoms with Crippen molar-refractivity contribution in [3.63, 3.8) is 0 Å². The Morgan fingerprint density at radius 3 is 2.93 bits per heavy atom. The summed E-state index contributed by atoms with van der Waals surface area (Å²) in [4.78, 5) is 11.7. The number of Topliss-reactive ketones (excluding diaryl/α,β-unsaturated/α-hetero) is 1. The lowest BCUT2D eigenvalue weighted by atomic mass is 9.63. The van der Waals surface area contributed by atoms with Crippen molar-refractivity contribution in [1.29, 1.82) is 5.26 Å². The van der Waals surface area contributed by atoms with Gasteiger partial charge in [0, 0.05) is 12.3 Å². The maximum atomic E-state index is 11.7. The zero-order chi connectivity index (χ0) is 10.4. The SMILES string of the molecule is C[C@]12CC[C@@H](C#N)C[C@@]1(O)CCC2=O. The Kier molecular flexibility index (Phi) is 1.94. The van der Waals surface area contributed by atoms with Gasteiger partial charge in [-0.2, -0.15) is 5.26 Å². The number of carbonyl (C=O) groups excluding carboxylic acids is 1. The van der Waals surface area contributed by atoms with Gasteiger partial charge in [0.25, 0.3) is 0 Å². The highest BCUT2D eigenvalue weighted by atomic mass is 16.3. The lowest BCUT2D eigenvalue weighted by Gasteiger charge is -2.43. The second-order valence-electron chi connectivity index (χ2n) is 4.86. The van der Waals surface area contributed by atoms with Crippen LogP contribution >= 0.6 is 0 Å². The number of rotatable bonds is 0. The molecule has 0 unspecified atom stereocenters. The Hall–Kier alpha value is -0.880. The molecule has 14 heavy (non-hydrogen) atoms. The first kappa shape index (κ1) is 9.67. The van der Waals surface area contributed by atoms with Crippen molar-refractivity contribution in [2.45, 2.75) is 44.6 Å². The number of nitrogens with zero attached hydrogens (tertiary/aromatic N) is 1. The van der Waals surface area contributed by atoms with Gasteiger partial charge in [0.2, 0.25) is 0 Å². The molecule has 1 N–H and O–H groups in total. The normalized spacial score (nSPS) is 47.2. The second-order valence-corrected chi connectivity index (χ2v) is 4.86. The zero-order valence-corrected chi connectivity index (χ0v) is 8.42. The quantitative estimate of drug-likeness (QED) is 0.632. The lowest BCUT2D eigenvalue weighted by molar-refractivity contribution is -0.142. The molecule has 0 radical (unpaired) electrons. The summed E-state index contributed by atoms with van der Waals surface area (Å²) >= 11 is 0. The first-order valence-corrected chi connectivity index (χ1v) is 5.17. The fourth-order valence-corrected chi connectivity index (χ4v) is 2.91. The molecule has 0 aromatic heterocycles. The fourth-order valence-electron chi connectivity index (χ4n) is 2.91. The molecule has 0 aliphatic heterocycles. The summed E-state index contributed by atoms with van der Waals surface area (Å²) in [7, 11) is 0. The highest BCUT2D eigenvalue weighted by Crippen LogP contribution is 2.53. The van der Waals surface area contributed by atoms with Gasteiger partial charge in [-0.05, 0) is 32.6 Å². The predicted molar refractivity (Wildman–Crippen MR) is 50.3 cm³/mol. The molecule has 0 bridgehead atoms. The third kappa shape index (κ3) is 1.04. The van der Waals surface area contributed by atoms with Crippen LogP contribution in [0.2, 0.25) is 0 Å². The third-order valence-corrected chi connectivity index (χ3v) is 4.17. The number of nitriles is 1. The van der Waals surface area contributed by atoms with Gasteiger partial charge in [0.15, 0.2) is 0 Å². The molecule has 2 saturated carbocycles. The average Bonchev–Trinajstić information content (AvgIpc) is 2.40. The van der Waals surface area contributed by atoms with Crippen molar-refractivity contribution in [1.82, 2.24) is 0 Å². The second kappa shape index (κ2) is 2.80. The minimum absolute atomic E-state index is 0.0704. The molecule has 0 aromatic rings. The molecular weight excluding hydrogens is 178 g/mol. The van der Waals surface area contributed by atoms with Crippen LogP contribution in [0.1, 0.15) is 39.0 Å². The maximum absolute atomic E-state index is 11.7. The first-order chi connectivity index (χ1) is 6.52. The average molecular weight is 193 g/mol. The highest BCUT2D eigenvalue weighted by molar-refractivity contribution is 5.88. The Labute approximate surface area is 83.7 Å². The fraction of sp³-hybridized carbons (Fsp3) is 0.818. The van der Waals surface area contributed by atoms with E-state index in [4.69, 9.17) is 5.26 Å². The number of carbonyl (C=O) groups is 1. The molecule has 0 saturated heterocycles. The van der Waals surface area contributed by atoms with Crippen molar-refractivity contribution in [3.8, 4) is 6.07 Å². The number of ketones is 1. The summed E-state index contributed by atoms with van der Waals surface area (Å²) in [5.74, 6) is 0.107. The van der Waals surface area contributed by atoms with E-state index in [0.29, 0.717) is 25.7 Å². The summed E-state index contributed by atoms with van der Waals surface area (Å²) in [5.41, 5.74) is -1.47. The van der Waals surface area contributed by atoms with E-state index in [0.717, 1.165) is 6.42 Å². The number of aliphatic hydroxyl groups is 1. The van der Waals surface area contributed by atoms with Gasteiger partial charge in [0.05, 0.1) is 17.1 Å². The molecule has 2 aliphatic rings. The van der Waals surface area contributed by atoms with E-state index in [2.05, 4.69) is 6.07 Å². The molecular formula is C11H15NO2. The van der Waals surface area contributed by atoms with Crippen LogP contribution in [0, 0.1) is 22.7 Å². The van der Waals surface area contributed by atoms with Crippen molar-refractivity contribution in [3.05, 3.63) is 0 Å². The number of hydrogen-bond acceptors (Lipinski definition) is 3. The van der Waals surface area contributed by atoms with Crippen molar-refractivity contribution in [2.24, 2.45) is 11.3 Å². The monoisotopic (exact) mass is 193 g/mol. The Morgan fingerprint density at radius 1 is 1.57 bits per heavy atom. The van der Waals surface area contributed by atoms with Crippen molar-refractivity contribution >= 4 is 5.78 Å². The molecule has 3 heteroatoms. The number of hydrogen-bond donors (Lipinski definition) is 1. The van der Waals surface area contributed by atoms with Gasteiger partial charge in [-0.15, -0.1) is 0 Å². The maximum Gasteiger partial charge on any atom is 0.141 e. The predicted octanol–water partition coefficient (Wildman–Crippen LogP) is 1.41. The summed E-state index contributed by atoms with van der Waals surface area (Å²) in [5, 5.41) is 19.2. The molecule has 0 aromatic carbocycles. The number of fused-ring (bicyclic) bond motifs is 1. The van der Waals surface area contributed by atoms with Crippen LogP contribution in [-0.2, 0) is 4.79 Å². The minimum Gasteiger partial charge on any atom is -0.389 e. The standard InChI is InChI=1S/C11H15NO2/c1-10-4-2-8(7-12)6-11(10,14)5-3-9(10)13/h8,14H,2-6H2,1H3/t8-,10-,11+/m1/s1. The Balaban J connectivity index is 2.30. The van der Waals surface area contributed by atoms with Crippen LogP contribution in [0.15, 0.2) is 0 Å². The molecule has 3 atom stereocenters. The van der Waals surface area contributed by atoms with E-state index in [-0.39, 0.29) is 11.7 Å². The van der Waals surface area contributed by atoms with Crippen LogP contribution in [0.4, 0.5) is 0 Å². The van der Waals surface area contributed by atoms with E-state index < -0.39 is 11.0 Å². The first-order valence-electron chi connectivity index (χ1n) is 5.17. The Bertz CT molecular complexity index is 320. The van der Waals surface area contributed by atoms with Crippen LogP contribution in [0.25, 0.3) is 0 Å². The molecule has 0 heterocycles. The van der Waals surface area contributed by atoms with Gasteiger partial charge in [-0.1, -0.05) is 0 Å². The van der Waals surface area contributed by atoms with Crippen LogP contribution < -0.4 is 0 Å². The third-order valence-electron chi connectivity index (χ3n) is 4.17. The van der Waals surface area contributed by atoms with E-state index in [1.165, 1.54) is 0 Å². The van der Waals surface area contributed by atoms with Gasteiger partial charge in [-0.25, -0.2) is 0 Å². The van der Waals surface area contributed by atoms with Crippen LogP contribution in [-0.4, -0.2) is 16.5 Å². The molecule has 0 amide bonds. The van der Waals surface area contributed by atoms with Gasteiger partial charge in [-0.3, -0.25) is 4.79 Å². The summed E-state index contributed by atoms with van der Waals surface area (Å²) < 4.78 is 0. The smallest absolute Gasteiger partial charge is 0.141 e. The summed E-state index contributed by atoms with van der Waals surface area (Å²) in [6.07, 6.45) is 2.92. The largest absolute Gasteiger partial charge is 0.389 e. The van der Waals surface area contributed by atoms with E-state index in [1.54, 1.807) is 0 Å². The van der Waals surface area contributed by atoms with Crippen LogP contribution in [0.5, 0.6) is 0 Å². The van der Waals surface area contributed by atoms with Gasteiger partial charge >= 0.3 is 0 Å². The molecule has 3 nitrogen and oxygen atoms in total. The van der Waals surface area contributed by atoms with E-state index in [1.807, 2.05) is 6.92 Å². The molecule has 2 fully saturated rings. The molecule has 2 aliphatic carbocycles. The minimum atomic E-state index is -0.900. The van der Waals surface area contributed by atoms with Crippen molar-refractivity contribution in [2.75, 3.05) is 0 Å². The lowest BCUT2D eigenvalue weighted by Crippen LogP contribution is -2.49. The van der Waals surface area contributed by atoms with Crippen molar-refractivity contribution < 1.29 is 9.90 Å². The van der Waals surface area contributed by atoms with Crippen LogP contribution in [0.3, 0.4) is 0 Å². The molecule has 2 rings (SSSR count). The Morgan fingerprint density at radius 2 is 2.29 bits per heavy atom. The van der Waals surface area contributed by atoms with Gasteiger partial charge in [0.1, 0.15) is 5.78 Å². The van der Waals surface area contributed by atoms with E-state index in [9.17, 15) is 9.90 Å². The topological polar surface area (TPSA) is 61.1 Å². The zero-order valence-electron chi connectivity index (χ0n) is 8.42. The molecule has 0 spiro atoms. The highest BCUT2D eigenvalue weighted by Gasteiger charge is 2.58.